The van der Waals surface area contributed by atoms with Crippen molar-refractivity contribution in [3.8, 4) is 11.4 Å². The summed E-state index contributed by atoms with van der Waals surface area (Å²) in [6.07, 6.45) is 4.74. The molecule has 8 nitrogen and oxygen atoms in total. The van der Waals surface area contributed by atoms with Gasteiger partial charge in [-0.2, -0.15) is 5.10 Å². The zero-order chi connectivity index (χ0) is 17.5. The minimum absolute atomic E-state index is 0.235. The normalized spacial score (nSPS) is 10.2. The first-order valence-corrected chi connectivity index (χ1v) is 7.67. The average Bonchev–Trinajstić information content (AvgIpc) is 3.16. The fourth-order valence-corrected chi connectivity index (χ4v) is 2.13. The predicted octanol–water partition coefficient (Wildman–Crippen LogP) is 1.03. The van der Waals surface area contributed by atoms with E-state index < -0.39 is 0 Å². The van der Waals surface area contributed by atoms with E-state index in [0.29, 0.717) is 35.7 Å². The lowest BCUT2D eigenvalue weighted by atomic mass is 10.2. The number of aromatic nitrogens is 4. The number of hydrogen-bond donors (Lipinski definition) is 3. The largest absolute Gasteiger partial charge is 0.350 e. The van der Waals surface area contributed by atoms with E-state index in [2.05, 4.69) is 30.8 Å². The van der Waals surface area contributed by atoms with E-state index in [-0.39, 0.29) is 11.8 Å². The molecule has 0 aliphatic rings. The number of nitrogens with one attached hydrogen (secondary N) is 3. The first kappa shape index (κ1) is 16.3. The van der Waals surface area contributed by atoms with Crippen LogP contribution in [0.1, 0.15) is 20.8 Å². The Bertz CT molecular complexity index is 848. The molecule has 0 fully saturated rings. The van der Waals surface area contributed by atoms with Crippen LogP contribution in [0.4, 0.5) is 0 Å². The summed E-state index contributed by atoms with van der Waals surface area (Å²) >= 11 is 0. The molecule has 0 saturated carbocycles. The number of hydrogen-bond acceptors (Lipinski definition) is 5. The Morgan fingerprint density at radius 2 is 1.80 bits per heavy atom. The molecular formula is C17H16N6O2. The lowest BCUT2D eigenvalue weighted by Gasteiger charge is -2.06. The van der Waals surface area contributed by atoms with Gasteiger partial charge in [-0.25, -0.2) is 0 Å². The van der Waals surface area contributed by atoms with Gasteiger partial charge in [0, 0.05) is 31.7 Å². The number of nitrogens with zero attached hydrogens (tertiary/aromatic N) is 3. The second-order valence-electron chi connectivity index (χ2n) is 5.14. The first-order valence-electron chi connectivity index (χ1n) is 7.67. The van der Waals surface area contributed by atoms with Crippen molar-refractivity contribution in [3.05, 3.63) is 66.2 Å². The van der Waals surface area contributed by atoms with Crippen LogP contribution in [0.15, 0.2) is 55.0 Å². The molecule has 126 valence electrons. The van der Waals surface area contributed by atoms with Crippen LogP contribution < -0.4 is 10.6 Å². The molecule has 0 aromatic carbocycles. The van der Waals surface area contributed by atoms with Gasteiger partial charge >= 0.3 is 0 Å². The van der Waals surface area contributed by atoms with E-state index in [9.17, 15) is 9.59 Å². The fraction of sp³-hybridized carbons (Fsp3) is 0.118. The van der Waals surface area contributed by atoms with Crippen molar-refractivity contribution in [3.63, 3.8) is 0 Å². The zero-order valence-corrected chi connectivity index (χ0v) is 13.3. The SMILES string of the molecule is O=C(NCCNC(=O)c1cc(-c2ccccn2)n[nH]1)c1cccnc1. The van der Waals surface area contributed by atoms with Crippen molar-refractivity contribution >= 4 is 11.8 Å². The molecule has 25 heavy (non-hydrogen) atoms. The maximum Gasteiger partial charge on any atom is 0.269 e. The van der Waals surface area contributed by atoms with Crippen molar-refractivity contribution < 1.29 is 9.59 Å². The second-order valence-corrected chi connectivity index (χ2v) is 5.14. The Morgan fingerprint density at radius 1 is 0.960 bits per heavy atom. The molecule has 3 aromatic heterocycles. The monoisotopic (exact) mass is 336 g/mol. The Morgan fingerprint density at radius 3 is 2.52 bits per heavy atom. The van der Waals surface area contributed by atoms with Crippen LogP contribution in [0.3, 0.4) is 0 Å². The van der Waals surface area contributed by atoms with Crippen molar-refractivity contribution in [2.45, 2.75) is 0 Å². The number of carbonyl (C=O) groups excluding carboxylic acids is 2. The molecule has 0 unspecified atom stereocenters. The fourth-order valence-electron chi connectivity index (χ4n) is 2.13. The van der Waals surface area contributed by atoms with E-state index in [1.54, 1.807) is 30.6 Å². The van der Waals surface area contributed by atoms with E-state index in [4.69, 9.17) is 0 Å². The summed E-state index contributed by atoms with van der Waals surface area (Å²) in [7, 11) is 0. The maximum absolute atomic E-state index is 12.1. The van der Waals surface area contributed by atoms with Crippen LogP contribution in [-0.2, 0) is 0 Å². The molecule has 3 aromatic rings. The van der Waals surface area contributed by atoms with Gasteiger partial charge in [-0.3, -0.25) is 24.7 Å². The third kappa shape index (κ3) is 4.25. The number of amides is 2. The van der Waals surface area contributed by atoms with Crippen LogP contribution in [-0.4, -0.2) is 45.1 Å². The van der Waals surface area contributed by atoms with Crippen molar-refractivity contribution in [1.82, 2.24) is 30.8 Å². The summed E-state index contributed by atoms with van der Waals surface area (Å²) < 4.78 is 0. The van der Waals surface area contributed by atoms with E-state index >= 15 is 0 Å². The summed E-state index contributed by atoms with van der Waals surface area (Å²) in [4.78, 5) is 32.0. The average molecular weight is 336 g/mol. The number of carbonyl (C=O) groups is 2. The number of rotatable bonds is 6. The second kappa shape index (κ2) is 7.82. The highest BCUT2D eigenvalue weighted by molar-refractivity contribution is 5.94. The summed E-state index contributed by atoms with van der Waals surface area (Å²) in [5, 5.41) is 12.2. The zero-order valence-electron chi connectivity index (χ0n) is 13.3. The molecule has 0 aliphatic carbocycles. The molecule has 0 atom stereocenters. The maximum atomic E-state index is 12.1. The Kier molecular flexibility index (Phi) is 5.10. The first-order chi connectivity index (χ1) is 12.2. The standard InChI is InChI=1S/C17H16N6O2/c24-16(12-4-3-6-18-11-12)20-8-9-21-17(25)15-10-14(22-23-15)13-5-1-2-7-19-13/h1-7,10-11H,8-9H2,(H,20,24)(H,21,25)(H,22,23). The van der Waals surface area contributed by atoms with E-state index in [1.807, 2.05) is 18.2 Å². The molecular weight excluding hydrogens is 320 g/mol. The smallest absolute Gasteiger partial charge is 0.269 e. The van der Waals surface area contributed by atoms with Crippen LogP contribution in [0, 0.1) is 0 Å². The van der Waals surface area contributed by atoms with Gasteiger partial charge in [0.1, 0.15) is 11.4 Å². The van der Waals surface area contributed by atoms with E-state index in [0.717, 1.165) is 0 Å². The number of aromatic amines is 1. The lowest BCUT2D eigenvalue weighted by Crippen LogP contribution is -2.34. The quantitative estimate of drug-likeness (QED) is 0.582. The minimum atomic E-state index is -0.301. The molecule has 2 amide bonds. The van der Waals surface area contributed by atoms with Gasteiger partial charge in [0.15, 0.2) is 0 Å². The third-order valence-corrected chi connectivity index (χ3v) is 3.37. The summed E-state index contributed by atoms with van der Waals surface area (Å²) in [5.41, 5.74) is 2.08. The highest BCUT2D eigenvalue weighted by Crippen LogP contribution is 2.13. The molecule has 3 rings (SSSR count). The third-order valence-electron chi connectivity index (χ3n) is 3.37. The van der Waals surface area contributed by atoms with Gasteiger partial charge in [-0.05, 0) is 30.3 Å². The van der Waals surface area contributed by atoms with Crippen LogP contribution in [0.25, 0.3) is 11.4 Å². The van der Waals surface area contributed by atoms with Gasteiger partial charge < -0.3 is 10.6 Å². The van der Waals surface area contributed by atoms with Gasteiger partial charge in [-0.15, -0.1) is 0 Å². The number of pyridine rings is 2. The van der Waals surface area contributed by atoms with Crippen molar-refractivity contribution in [1.29, 1.82) is 0 Å². The summed E-state index contributed by atoms with van der Waals surface area (Å²) in [6, 6.07) is 10.5. The molecule has 0 spiro atoms. The molecule has 0 aliphatic heterocycles. The van der Waals surface area contributed by atoms with Crippen molar-refractivity contribution in [2.24, 2.45) is 0 Å². The topological polar surface area (TPSA) is 113 Å². The van der Waals surface area contributed by atoms with Crippen molar-refractivity contribution in [2.75, 3.05) is 13.1 Å². The molecule has 0 radical (unpaired) electrons. The van der Waals surface area contributed by atoms with E-state index in [1.165, 1.54) is 6.20 Å². The van der Waals surface area contributed by atoms with Crippen LogP contribution >= 0.6 is 0 Å². The molecule has 3 N–H and O–H groups in total. The lowest BCUT2D eigenvalue weighted by molar-refractivity contribution is 0.0925. The predicted molar refractivity (Wildman–Crippen MR) is 90.7 cm³/mol. The minimum Gasteiger partial charge on any atom is -0.350 e. The molecule has 0 bridgehead atoms. The van der Waals surface area contributed by atoms with Gasteiger partial charge in [0.2, 0.25) is 0 Å². The van der Waals surface area contributed by atoms with Gasteiger partial charge in [-0.1, -0.05) is 6.07 Å². The number of H-pyrrole nitrogens is 1. The molecule has 3 heterocycles. The highest BCUT2D eigenvalue weighted by atomic mass is 16.2. The highest BCUT2D eigenvalue weighted by Gasteiger charge is 2.11. The summed E-state index contributed by atoms with van der Waals surface area (Å²) in [6.45, 7) is 0.601. The Labute approximate surface area is 143 Å². The Balaban J connectivity index is 1.47. The summed E-state index contributed by atoms with van der Waals surface area (Å²) in [5.74, 6) is -0.536. The van der Waals surface area contributed by atoms with Gasteiger partial charge in [0.25, 0.3) is 11.8 Å². The Hall–Kier alpha value is -3.55. The van der Waals surface area contributed by atoms with Crippen LogP contribution in [0.5, 0.6) is 0 Å². The molecule has 0 saturated heterocycles. The van der Waals surface area contributed by atoms with Gasteiger partial charge in [0.05, 0.1) is 11.3 Å². The molecule has 8 heteroatoms. The van der Waals surface area contributed by atoms with Crippen LogP contribution in [0.2, 0.25) is 0 Å².